The van der Waals surface area contributed by atoms with E-state index in [1.165, 1.54) is 46.4 Å². The average molecular weight is 2010 g/mol. The predicted molar refractivity (Wildman–Crippen MR) is 514 cm³/mol. The van der Waals surface area contributed by atoms with Gasteiger partial charge in [-0.2, -0.15) is 0 Å². The van der Waals surface area contributed by atoms with Gasteiger partial charge in [0.25, 0.3) is 0 Å². The SMILES string of the molecule is CC[C@H](C)[C@H](NC(=O)[C@H](CC(=O)O)NC(=O)[C@H](CO)NC(=O)[C@@H]1CCCN1C(=O)[C@H](Cc1ccccc1)NC(=O)[C@H](CCC(N)=O)NC(=O)[C@@H](NC(=O)CNC(=O)[C@H](Cc1ccccc1)NC(=O)[C@@H]1CCCN1C(=O)[C@@H](NC(=O)[C@@H](N)[C@@H](C)O)C(C)C)[C@@H](C)O)C(=O)N[C@@H](CCCCN)C(=O)N[C@H](C(=O)N[C@@H](CCC(N)=O)C(=O)N[C@H](C(=O)N[C@H](C(=O)N[C@@H](Cc1ccccc1)C(=O)O)C(C)C)[C@@H](C)O)C(C)C. The average Bonchev–Trinajstić information content (AvgIpc) is 1.68. The number of aliphatic carboxylic acids is 2. The summed E-state index contributed by atoms with van der Waals surface area (Å²) in [7, 11) is 0. The molecule has 2 heterocycles. The number of nitrogens with two attached hydrogens (primary N) is 4. The first kappa shape index (κ1) is 120. The number of carbonyl (C=O) groups excluding carboxylic acids is 19. The Hall–Kier alpha value is -13.7. The van der Waals surface area contributed by atoms with E-state index in [1.807, 2.05) is 0 Å². The standard InChI is InChI=1S/C95H143N21O27/c1-12-51(8)76(90(137)101-58(32-22-23-39-96)81(128)110-73(48(2)3)88(135)102-60(36-38-69(98)122)82(129)114-78(54(11)120)92(139)111-74(49(4)5)89(136)107-64(95(142)143)44-57-30-20-15-21-31-57)113-83(130)62(45-71(124)125)104-84(131)65(47-117)108-86(133)66-33-24-40-115(66)93(140)63(43-56-28-18-14-19-29-56)106-80(127)59(35-37-68(97)121)103-91(138)77(53(10)119)109-70(123)46-100-79(126)61(42-55-26-16-13-17-27-55)105-85(132)67-34-25-41-116(67)94(141)75(50(6)7)112-87(134)72(99)52(9)118/h13-21,26-31,48-54,58-67,72-78,117-120H,12,22-25,32-47,96,99H2,1-11H3,(H2,97,121)(H2,98,122)(H,100,126)(H,101,137)(H,102,135)(H,103,138)(H,104,131)(H,105,132)(H,106,127)(H,107,136)(H,108,133)(H,109,123)(H,110,128)(H,111,139)(H,112,134)(H,113,130)(H,114,129)(H,124,125)(H,142,143)/t51-,52+,53+,54+,58-,59-,60-,61-,62-,63-,64-,65-,66-,67-,72-,73-,74-,75-,76-,77-,78-/m0/s1. The molecule has 48 heteroatoms. The van der Waals surface area contributed by atoms with Crippen LogP contribution in [-0.4, -0.2) is 318 Å². The summed E-state index contributed by atoms with van der Waals surface area (Å²) in [5, 5.41) is 99.5. The van der Waals surface area contributed by atoms with E-state index in [9.17, 15) is 127 Å². The Labute approximate surface area is 828 Å². The van der Waals surface area contributed by atoms with Crippen molar-refractivity contribution in [3.05, 3.63) is 108 Å². The molecule has 3 aromatic carbocycles. The Kier molecular flexibility index (Phi) is 49.6. The van der Waals surface area contributed by atoms with Crippen molar-refractivity contribution in [2.24, 2.45) is 46.6 Å². The monoisotopic (exact) mass is 2010 g/mol. The number of carboxylic acid groups (broad SMARTS) is 2. The second kappa shape index (κ2) is 59.3. The molecule has 2 fully saturated rings. The van der Waals surface area contributed by atoms with Crippen molar-refractivity contribution >= 4 is 124 Å². The van der Waals surface area contributed by atoms with Crippen LogP contribution in [0.1, 0.15) is 176 Å². The molecule has 5 rings (SSSR count). The maximum atomic E-state index is 15.1. The number of benzene rings is 3. The van der Waals surface area contributed by atoms with Gasteiger partial charge in [0.05, 0.1) is 37.9 Å². The van der Waals surface area contributed by atoms with Crippen LogP contribution in [0.5, 0.6) is 0 Å². The number of hydrogen-bond donors (Lipinski definition) is 25. The number of rotatable bonds is 60. The Morgan fingerprint density at radius 2 is 0.734 bits per heavy atom. The van der Waals surface area contributed by atoms with Crippen molar-refractivity contribution in [1.82, 2.24) is 89.6 Å². The van der Waals surface area contributed by atoms with Crippen molar-refractivity contribution in [3.8, 4) is 0 Å². The molecule has 0 saturated carbocycles. The van der Waals surface area contributed by atoms with Gasteiger partial charge in [0.2, 0.25) is 112 Å². The molecule has 2 saturated heterocycles. The summed E-state index contributed by atoms with van der Waals surface area (Å²) in [6.07, 6.45) is -7.72. The molecule has 2 aliphatic rings. The Balaban J connectivity index is 1.30. The molecule has 21 atom stereocenters. The molecule has 0 aliphatic carbocycles. The number of hydrogen-bond acceptors (Lipinski definition) is 27. The molecule has 0 bridgehead atoms. The number of likely N-dealkylation sites (tertiary alicyclic amines) is 2. The number of unbranched alkanes of at least 4 members (excludes halogenated alkanes) is 1. The quantitative estimate of drug-likeness (QED) is 0.0234. The summed E-state index contributed by atoms with van der Waals surface area (Å²) in [6.45, 7) is 14.0. The van der Waals surface area contributed by atoms with E-state index in [0.29, 0.717) is 23.1 Å². The highest BCUT2D eigenvalue weighted by atomic mass is 16.4. The first-order valence-electron chi connectivity index (χ1n) is 47.8. The Morgan fingerprint density at radius 1 is 0.378 bits per heavy atom. The van der Waals surface area contributed by atoms with Gasteiger partial charge in [0, 0.05) is 45.2 Å². The van der Waals surface area contributed by atoms with E-state index in [4.69, 9.17) is 22.9 Å². The van der Waals surface area contributed by atoms with Crippen molar-refractivity contribution in [2.75, 3.05) is 32.8 Å². The van der Waals surface area contributed by atoms with Crippen molar-refractivity contribution < 1.29 is 131 Å². The minimum atomic E-state index is -2.09. The topological polar surface area (TPSA) is 771 Å². The number of nitrogens with one attached hydrogen (secondary N) is 15. The number of carbonyl (C=O) groups is 21. The lowest BCUT2D eigenvalue weighted by Crippen LogP contribution is -2.63. The molecule has 143 heavy (non-hydrogen) atoms. The van der Waals surface area contributed by atoms with Crippen LogP contribution in [-0.2, 0) is 120 Å². The van der Waals surface area contributed by atoms with Crippen molar-refractivity contribution in [3.63, 3.8) is 0 Å². The number of amides is 19. The molecule has 19 amide bonds. The van der Waals surface area contributed by atoms with Crippen LogP contribution in [0.4, 0.5) is 0 Å². The molecule has 790 valence electrons. The van der Waals surface area contributed by atoms with E-state index in [-0.39, 0.29) is 83.8 Å². The van der Waals surface area contributed by atoms with Crippen LogP contribution in [0.15, 0.2) is 91.0 Å². The zero-order valence-corrected chi connectivity index (χ0v) is 82.3. The van der Waals surface area contributed by atoms with Crippen LogP contribution in [0.2, 0.25) is 0 Å². The molecular weight excluding hydrogens is 1870 g/mol. The van der Waals surface area contributed by atoms with E-state index < -0.39 is 314 Å². The largest absolute Gasteiger partial charge is 0.481 e. The maximum Gasteiger partial charge on any atom is 0.326 e. The number of nitrogens with zero attached hydrogens (tertiary/aromatic N) is 2. The summed E-state index contributed by atoms with van der Waals surface area (Å²) in [5.41, 5.74) is 24.2. The second-order valence-electron chi connectivity index (χ2n) is 36.9. The molecule has 3 aromatic rings. The van der Waals surface area contributed by atoms with Gasteiger partial charge in [-0.25, -0.2) is 4.79 Å². The molecular formula is C95H143N21O27. The van der Waals surface area contributed by atoms with Gasteiger partial charge in [-0.1, -0.05) is 153 Å². The summed E-state index contributed by atoms with van der Waals surface area (Å²) in [5.74, 6) is -25.4. The number of primary amides is 2. The lowest BCUT2D eigenvalue weighted by molar-refractivity contribution is -0.143. The van der Waals surface area contributed by atoms with Gasteiger partial charge in [-0.05, 0) is 125 Å². The number of aliphatic hydroxyl groups excluding tert-OH is 4. The van der Waals surface area contributed by atoms with E-state index >= 15 is 4.79 Å². The third kappa shape index (κ3) is 38.6. The van der Waals surface area contributed by atoms with Crippen LogP contribution in [0, 0.1) is 23.7 Å². The highest BCUT2D eigenvalue weighted by Crippen LogP contribution is 2.25. The van der Waals surface area contributed by atoms with Crippen LogP contribution < -0.4 is 103 Å². The third-order valence-electron chi connectivity index (χ3n) is 24.3. The Bertz CT molecular complexity index is 4860. The number of aliphatic hydroxyl groups is 4. The molecule has 0 aromatic heterocycles. The first-order chi connectivity index (χ1) is 67.4. The fourth-order valence-electron chi connectivity index (χ4n) is 15.8. The van der Waals surface area contributed by atoms with Gasteiger partial charge in [-0.15, -0.1) is 0 Å². The zero-order chi connectivity index (χ0) is 107. The molecule has 0 unspecified atom stereocenters. The van der Waals surface area contributed by atoms with Crippen molar-refractivity contribution in [2.45, 2.75) is 300 Å². The van der Waals surface area contributed by atoms with Gasteiger partial charge in [-0.3, -0.25) is 95.9 Å². The second-order valence-corrected chi connectivity index (χ2v) is 36.9. The molecule has 29 N–H and O–H groups in total. The minimum absolute atomic E-state index is 0.101. The zero-order valence-electron chi connectivity index (χ0n) is 82.3. The van der Waals surface area contributed by atoms with Gasteiger partial charge in [0.15, 0.2) is 0 Å². The van der Waals surface area contributed by atoms with Crippen LogP contribution in [0.25, 0.3) is 0 Å². The fourth-order valence-corrected chi connectivity index (χ4v) is 15.8. The normalized spacial score (nSPS) is 17.4. The van der Waals surface area contributed by atoms with Crippen LogP contribution >= 0.6 is 0 Å². The van der Waals surface area contributed by atoms with E-state index in [1.54, 1.807) is 112 Å². The van der Waals surface area contributed by atoms with Gasteiger partial charge >= 0.3 is 11.9 Å². The summed E-state index contributed by atoms with van der Waals surface area (Å²) in [4.78, 5) is 294. The first-order valence-corrected chi connectivity index (χ1v) is 47.8. The molecule has 2 aliphatic heterocycles. The highest BCUT2D eigenvalue weighted by molar-refractivity contribution is 6.02. The molecule has 48 nitrogen and oxygen atoms in total. The fraction of sp³-hybridized carbons (Fsp3) is 0.589. The summed E-state index contributed by atoms with van der Waals surface area (Å²) in [6, 6.07) is -2.38. The predicted octanol–water partition coefficient (Wildman–Crippen LogP) is -6.70. The van der Waals surface area contributed by atoms with E-state index in [0.717, 1.165) is 18.7 Å². The summed E-state index contributed by atoms with van der Waals surface area (Å²) >= 11 is 0. The van der Waals surface area contributed by atoms with Gasteiger partial charge < -0.3 is 143 Å². The highest BCUT2D eigenvalue weighted by Gasteiger charge is 2.46. The summed E-state index contributed by atoms with van der Waals surface area (Å²) < 4.78 is 0. The van der Waals surface area contributed by atoms with Gasteiger partial charge in [0.1, 0.15) is 103 Å². The minimum Gasteiger partial charge on any atom is -0.481 e. The van der Waals surface area contributed by atoms with Crippen molar-refractivity contribution in [1.29, 1.82) is 0 Å². The number of carboxylic acids is 2. The maximum absolute atomic E-state index is 15.1. The lowest BCUT2D eigenvalue weighted by Gasteiger charge is -2.32. The lowest BCUT2D eigenvalue weighted by atomic mass is 9.96. The molecule has 0 radical (unpaired) electrons. The van der Waals surface area contributed by atoms with E-state index in [2.05, 4.69) is 79.8 Å². The molecule has 0 spiro atoms. The smallest absolute Gasteiger partial charge is 0.326 e. The Morgan fingerprint density at radius 3 is 1.16 bits per heavy atom. The third-order valence-corrected chi connectivity index (χ3v) is 24.3. The van der Waals surface area contributed by atoms with Crippen LogP contribution in [0.3, 0.4) is 0 Å².